The van der Waals surface area contributed by atoms with Crippen LogP contribution in [-0.2, 0) is 0 Å². The van der Waals surface area contributed by atoms with Crippen molar-refractivity contribution < 1.29 is 0 Å². The van der Waals surface area contributed by atoms with E-state index in [1.807, 2.05) is 0 Å². The van der Waals surface area contributed by atoms with Crippen LogP contribution in [0.1, 0.15) is 0 Å². The van der Waals surface area contributed by atoms with Gasteiger partial charge in [-0.25, -0.2) is 9.97 Å². The van der Waals surface area contributed by atoms with E-state index in [1.54, 1.807) is 0 Å². The lowest BCUT2D eigenvalue weighted by molar-refractivity contribution is 1.19. The zero-order valence-corrected chi connectivity index (χ0v) is 22.9. The van der Waals surface area contributed by atoms with Crippen molar-refractivity contribution >= 4 is 32.3 Å². The maximum Gasteiger partial charge on any atom is 0.160 e. The smallest absolute Gasteiger partial charge is 0.160 e. The Morgan fingerprint density at radius 3 is 1.19 bits per heavy atom. The van der Waals surface area contributed by atoms with Crippen LogP contribution < -0.4 is 0 Å². The van der Waals surface area contributed by atoms with E-state index >= 15 is 0 Å². The number of nitrogens with zero attached hydrogens (tertiary/aromatic N) is 2. The lowest BCUT2D eigenvalue weighted by atomic mass is 9.97. The highest BCUT2D eigenvalue weighted by molar-refractivity contribution is 6.00. The molecule has 7 aromatic carbocycles. The third-order valence-corrected chi connectivity index (χ3v) is 8.10. The second-order valence-electron chi connectivity index (χ2n) is 10.6. The lowest BCUT2D eigenvalue weighted by Gasteiger charge is -2.13. The molecule has 2 nitrogen and oxygen atoms in total. The minimum atomic E-state index is 0.716. The van der Waals surface area contributed by atoms with Gasteiger partial charge in [0.05, 0.1) is 11.4 Å². The maximum absolute atomic E-state index is 5.17. The van der Waals surface area contributed by atoms with Gasteiger partial charge in [-0.2, -0.15) is 0 Å². The third kappa shape index (κ3) is 4.22. The highest BCUT2D eigenvalue weighted by Gasteiger charge is 2.14. The summed E-state index contributed by atoms with van der Waals surface area (Å²) in [6, 6.07) is 55.6. The Balaban J connectivity index is 1.31. The van der Waals surface area contributed by atoms with Gasteiger partial charge >= 0.3 is 0 Å². The Morgan fingerprint density at radius 2 is 0.690 bits per heavy atom. The first-order valence-electron chi connectivity index (χ1n) is 14.3. The summed E-state index contributed by atoms with van der Waals surface area (Å²) in [6.07, 6.45) is 0. The molecular formula is C40H26N2. The Hall–Kier alpha value is -5.60. The monoisotopic (exact) mass is 534 g/mol. The number of benzene rings is 7. The summed E-state index contributed by atoms with van der Waals surface area (Å²) in [4.78, 5) is 10.3. The molecule has 42 heavy (non-hydrogen) atoms. The fourth-order valence-electron chi connectivity index (χ4n) is 6.03. The van der Waals surface area contributed by atoms with Crippen LogP contribution in [0.2, 0.25) is 0 Å². The third-order valence-electron chi connectivity index (χ3n) is 8.10. The van der Waals surface area contributed by atoms with Gasteiger partial charge in [0.15, 0.2) is 5.82 Å². The van der Waals surface area contributed by atoms with E-state index in [2.05, 4.69) is 158 Å². The molecule has 0 saturated carbocycles. The van der Waals surface area contributed by atoms with Crippen molar-refractivity contribution in [3.8, 4) is 45.0 Å². The van der Waals surface area contributed by atoms with Crippen LogP contribution in [0.5, 0.6) is 0 Å². The van der Waals surface area contributed by atoms with Crippen LogP contribution in [0.4, 0.5) is 0 Å². The first-order valence-corrected chi connectivity index (χ1v) is 14.3. The predicted molar refractivity (Wildman–Crippen MR) is 176 cm³/mol. The molecule has 196 valence electrons. The molecule has 8 aromatic rings. The molecule has 0 atom stereocenters. The summed E-state index contributed by atoms with van der Waals surface area (Å²) < 4.78 is 0. The van der Waals surface area contributed by atoms with Crippen molar-refractivity contribution in [3.05, 3.63) is 158 Å². The minimum Gasteiger partial charge on any atom is -0.228 e. The molecule has 0 unspecified atom stereocenters. The highest BCUT2D eigenvalue weighted by Crippen LogP contribution is 2.35. The summed E-state index contributed by atoms with van der Waals surface area (Å²) >= 11 is 0. The van der Waals surface area contributed by atoms with Crippen molar-refractivity contribution in [2.75, 3.05) is 0 Å². The molecule has 0 aliphatic rings. The molecule has 1 heterocycles. The summed E-state index contributed by atoms with van der Waals surface area (Å²) in [5.41, 5.74) is 7.42. The number of fused-ring (bicyclic) bond motifs is 3. The molecule has 0 bridgehead atoms. The van der Waals surface area contributed by atoms with Gasteiger partial charge in [0.2, 0.25) is 0 Å². The molecule has 0 N–H and O–H groups in total. The molecule has 0 radical (unpaired) electrons. The predicted octanol–water partition coefficient (Wildman–Crippen LogP) is 10.6. The van der Waals surface area contributed by atoms with Crippen LogP contribution >= 0.6 is 0 Å². The van der Waals surface area contributed by atoms with E-state index < -0.39 is 0 Å². The number of rotatable bonds is 4. The van der Waals surface area contributed by atoms with Crippen LogP contribution in [0.3, 0.4) is 0 Å². The molecular weight excluding hydrogens is 508 g/mol. The van der Waals surface area contributed by atoms with Crippen LogP contribution in [-0.4, -0.2) is 9.97 Å². The van der Waals surface area contributed by atoms with Gasteiger partial charge in [-0.3, -0.25) is 0 Å². The molecule has 1 aromatic heterocycles. The molecule has 0 fully saturated rings. The zero-order valence-electron chi connectivity index (χ0n) is 22.9. The van der Waals surface area contributed by atoms with Crippen LogP contribution in [0, 0.1) is 0 Å². The summed E-state index contributed by atoms with van der Waals surface area (Å²) in [5.74, 6) is 0.716. The number of hydrogen-bond acceptors (Lipinski definition) is 2. The van der Waals surface area contributed by atoms with Crippen molar-refractivity contribution in [1.29, 1.82) is 0 Å². The van der Waals surface area contributed by atoms with E-state index in [1.165, 1.54) is 43.4 Å². The van der Waals surface area contributed by atoms with E-state index in [9.17, 15) is 0 Å². The average Bonchev–Trinajstić information content (AvgIpc) is 3.07. The fourth-order valence-corrected chi connectivity index (χ4v) is 6.03. The maximum atomic E-state index is 5.17. The molecule has 0 aliphatic carbocycles. The molecule has 0 spiro atoms. The van der Waals surface area contributed by atoms with E-state index in [-0.39, 0.29) is 0 Å². The van der Waals surface area contributed by atoms with Gasteiger partial charge in [0.1, 0.15) is 0 Å². The van der Waals surface area contributed by atoms with Gasteiger partial charge in [0.25, 0.3) is 0 Å². The molecule has 0 amide bonds. The van der Waals surface area contributed by atoms with Crippen LogP contribution in [0.15, 0.2) is 158 Å². The highest BCUT2D eigenvalue weighted by atomic mass is 14.9. The van der Waals surface area contributed by atoms with Gasteiger partial charge in [-0.15, -0.1) is 0 Å². The average molecular weight is 535 g/mol. The number of hydrogen-bond donors (Lipinski definition) is 0. The summed E-state index contributed by atoms with van der Waals surface area (Å²) in [7, 11) is 0. The SMILES string of the molecule is c1ccc2c(-c3ccc(-c4nc(-c5cccc6ccccc56)cc(-c5cccc6ccccc56)n4)cc3)cccc2c1. The van der Waals surface area contributed by atoms with Crippen LogP contribution in [0.25, 0.3) is 77.3 Å². The number of aromatic nitrogens is 2. The molecule has 8 rings (SSSR count). The largest absolute Gasteiger partial charge is 0.228 e. The van der Waals surface area contributed by atoms with Crippen molar-refractivity contribution in [3.63, 3.8) is 0 Å². The standard InChI is InChI=1S/C40H26N2/c1-4-16-32-27(10-1)13-7-19-33(32)30-22-24-31(25-23-30)40-41-38(36-20-8-14-28-11-2-5-17-34(28)36)26-39(42-40)37-21-9-15-29-12-3-6-18-35(29)37/h1-26H. The van der Waals surface area contributed by atoms with E-state index in [0.717, 1.165) is 28.1 Å². The Labute approximate surface area is 244 Å². The Kier molecular flexibility index (Phi) is 5.82. The second kappa shape index (κ2) is 10.1. The van der Waals surface area contributed by atoms with Gasteiger partial charge < -0.3 is 0 Å². The first kappa shape index (κ1) is 24.2. The van der Waals surface area contributed by atoms with Gasteiger partial charge in [-0.1, -0.05) is 152 Å². The van der Waals surface area contributed by atoms with Crippen molar-refractivity contribution in [2.24, 2.45) is 0 Å². The van der Waals surface area contributed by atoms with E-state index in [0.29, 0.717) is 5.82 Å². The molecule has 2 heteroatoms. The van der Waals surface area contributed by atoms with Gasteiger partial charge in [-0.05, 0) is 49.5 Å². The zero-order chi connectivity index (χ0) is 27.9. The quantitative estimate of drug-likeness (QED) is 0.224. The first-order chi connectivity index (χ1) is 20.8. The second-order valence-corrected chi connectivity index (χ2v) is 10.6. The topological polar surface area (TPSA) is 25.8 Å². The van der Waals surface area contributed by atoms with Crippen molar-refractivity contribution in [1.82, 2.24) is 9.97 Å². The molecule has 0 aliphatic heterocycles. The van der Waals surface area contributed by atoms with E-state index in [4.69, 9.17) is 9.97 Å². The summed E-state index contributed by atoms with van der Waals surface area (Å²) in [6.45, 7) is 0. The fraction of sp³-hybridized carbons (Fsp3) is 0. The Bertz CT molecular complexity index is 2130. The van der Waals surface area contributed by atoms with Crippen molar-refractivity contribution in [2.45, 2.75) is 0 Å². The normalized spacial score (nSPS) is 11.3. The Morgan fingerprint density at radius 1 is 0.310 bits per heavy atom. The minimum absolute atomic E-state index is 0.716. The summed E-state index contributed by atoms with van der Waals surface area (Å²) in [5, 5.41) is 7.24. The van der Waals surface area contributed by atoms with Gasteiger partial charge in [0, 0.05) is 16.7 Å². The molecule has 0 saturated heterocycles. The lowest BCUT2D eigenvalue weighted by Crippen LogP contribution is -1.97.